The molecule has 0 bridgehead atoms. The molecule has 0 atom stereocenters. The average molecular weight is 594 g/mol. The van der Waals surface area contributed by atoms with Crippen molar-refractivity contribution in [3.63, 3.8) is 0 Å². The zero-order chi connectivity index (χ0) is 29.7. The molecule has 0 aliphatic carbocycles. The molecular formula is C42H27NOS. The quantitative estimate of drug-likeness (QED) is 0.197. The Balaban J connectivity index is 1.25. The minimum absolute atomic E-state index is 0.887. The monoisotopic (exact) mass is 593 g/mol. The number of benzene rings is 7. The molecule has 0 saturated heterocycles. The van der Waals surface area contributed by atoms with Gasteiger partial charge in [0, 0.05) is 48.0 Å². The molecular weight excluding hydrogens is 567 g/mol. The largest absolute Gasteiger partial charge is 0.456 e. The summed E-state index contributed by atoms with van der Waals surface area (Å²) in [6, 6.07) is 58.4. The number of furan rings is 1. The first-order valence-corrected chi connectivity index (χ1v) is 16.0. The van der Waals surface area contributed by atoms with Crippen LogP contribution in [0.5, 0.6) is 0 Å². The fourth-order valence-electron chi connectivity index (χ4n) is 6.55. The van der Waals surface area contributed by atoms with Crippen LogP contribution in [0, 0.1) is 0 Å². The molecule has 9 rings (SSSR count). The molecule has 7 aromatic carbocycles. The van der Waals surface area contributed by atoms with Crippen molar-refractivity contribution >= 4 is 70.5 Å². The lowest BCUT2D eigenvalue weighted by Gasteiger charge is -2.25. The van der Waals surface area contributed by atoms with Crippen LogP contribution in [0.25, 0.3) is 64.4 Å². The molecule has 2 aromatic heterocycles. The second-order valence-corrected chi connectivity index (χ2v) is 12.4. The Labute approximate surface area is 265 Å². The van der Waals surface area contributed by atoms with Crippen LogP contribution in [0.15, 0.2) is 168 Å². The molecule has 3 heteroatoms. The van der Waals surface area contributed by atoms with Gasteiger partial charge in [-0.2, -0.15) is 0 Å². The summed E-state index contributed by atoms with van der Waals surface area (Å²) in [4.78, 5) is 2.35. The minimum Gasteiger partial charge on any atom is -0.456 e. The van der Waals surface area contributed by atoms with Crippen molar-refractivity contribution in [1.29, 1.82) is 0 Å². The number of nitrogens with zero attached hydrogens (tertiary/aromatic N) is 1. The van der Waals surface area contributed by atoms with Gasteiger partial charge in [-0.3, -0.25) is 0 Å². The molecule has 0 N–H and O–H groups in total. The average Bonchev–Trinajstić information content (AvgIpc) is 3.67. The first-order chi connectivity index (χ1) is 22.3. The Morgan fingerprint density at radius 3 is 1.78 bits per heavy atom. The van der Waals surface area contributed by atoms with Gasteiger partial charge in [0.15, 0.2) is 0 Å². The van der Waals surface area contributed by atoms with E-state index in [0.29, 0.717) is 0 Å². The van der Waals surface area contributed by atoms with E-state index in [2.05, 4.69) is 169 Å². The van der Waals surface area contributed by atoms with E-state index >= 15 is 0 Å². The summed E-state index contributed by atoms with van der Waals surface area (Å²) in [5.74, 6) is 0. The summed E-state index contributed by atoms with van der Waals surface area (Å²) in [6.45, 7) is 0. The van der Waals surface area contributed by atoms with E-state index in [1.54, 1.807) is 0 Å². The van der Waals surface area contributed by atoms with Crippen molar-refractivity contribution in [3.05, 3.63) is 164 Å². The smallest absolute Gasteiger partial charge is 0.136 e. The van der Waals surface area contributed by atoms with Gasteiger partial charge >= 0.3 is 0 Å². The fourth-order valence-corrected chi connectivity index (χ4v) is 7.62. The third kappa shape index (κ3) is 4.40. The van der Waals surface area contributed by atoms with E-state index in [-0.39, 0.29) is 0 Å². The third-order valence-electron chi connectivity index (χ3n) is 8.65. The minimum atomic E-state index is 0.887. The van der Waals surface area contributed by atoms with Crippen molar-refractivity contribution < 1.29 is 4.42 Å². The summed E-state index contributed by atoms with van der Waals surface area (Å²) < 4.78 is 8.97. The van der Waals surface area contributed by atoms with E-state index < -0.39 is 0 Å². The molecule has 0 fully saturated rings. The summed E-state index contributed by atoms with van der Waals surface area (Å²) in [5.41, 5.74) is 9.93. The predicted octanol–water partition coefficient (Wildman–Crippen LogP) is 12.8. The molecule has 0 amide bonds. The molecule has 0 spiro atoms. The second kappa shape index (κ2) is 10.5. The van der Waals surface area contributed by atoms with Crippen LogP contribution in [0.2, 0.25) is 0 Å². The van der Waals surface area contributed by atoms with Crippen molar-refractivity contribution in [2.45, 2.75) is 0 Å². The Kier molecular flexibility index (Phi) is 6.03. The zero-order valence-electron chi connectivity index (χ0n) is 24.4. The van der Waals surface area contributed by atoms with Gasteiger partial charge in [0.05, 0.1) is 0 Å². The summed E-state index contributed by atoms with van der Waals surface area (Å²) in [7, 11) is 0. The van der Waals surface area contributed by atoms with E-state index in [0.717, 1.165) is 39.0 Å². The van der Waals surface area contributed by atoms with Gasteiger partial charge in [0.1, 0.15) is 11.2 Å². The molecule has 45 heavy (non-hydrogen) atoms. The highest BCUT2D eigenvalue weighted by molar-refractivity contribution is 7.25. The van der Waals surface area contributed by atoms with Crippen molar-refractivity contribution in [2.24, 2.45) is 0 Å². The standard InChI is InChI=1S/C42H27NOS/c1-4-11-28(12-5-1)30-19-23-40-35(25-30)36-26-33(21-24-41(36)45-40)43(31-15-8-3-9-16-31)32-20-22-38-37(27-32)42-34(17-10-18-39(42)44-38)29-13-6-2-7-14-29/h1-27H. The van der Waals surface area contributed by atoms with Gasteiger partial charge in [-0.1, -0.05) is 97.1 Å². The summed E-state index contributed by atoms with van der Waals surface area (Å²) in [6.07, 6.45) is 0. The molecule has 0 radical (unpaired) electrons. The molecule has 0 aliphatic heterocycles. The highest BCUT2D eigenvalue weighted by atomic mass is 32.1. The van der Waals surface area contributed by atoms with Crippen LogP contribution >= 0.6 is 11.3 Å². The summed E-state index contributed by atoms with van der Waals surface area (Å²) >= 11 is 1.85. The van der Waals surface area contributed by atoms with E-state index in [1.807, 2.05) is 11.3 Å². The number of rotatable bonds is 5. The van der Waals surface area contributed by atoms with Crippen LogP contribution in [0.4, 0.5) is 17.1 Å². The van der Waals surface area contributed by atoms with E-state index in [9.17, 15) is 0 Å². The fraction of sp³-hybridized carbons (Fsp3) is 0. The van der Waals surface area contributed by atoms with Gasteiger partial charge in [-0.15, -0.1) is 11.3 Å². The van der Waals surface area contributed by atoms with Crippen LogP contribution in [-0.4, -0.2) is 0 Å². The van der Waals surface area contributed by atoms with Crippen LogP contribution < -0.4 is 4.90 Å². The molecule has 2 nitrogen and oxygen atoms in total. The maximum Gasteiger partial charge on any atom is 0.136 e. The van der Waals surface area contributed by atoms with Crippen LogP contribution in [0.3, 0.4) is 0 Å². The third-order valence-corrected chi connectivity index (χ3v) is 9.81. The van der Waals surface area contributed by atoms with Gasteiger partial charge in [-0.25, -0.2) is 0 Å². The maximum absolute atomic E-state index is 6.39. The van der Waals surface area contributed by atoms with Gasteiger partial charge < -0.3 is 9.32 Å². The number of anilines is 3. The lowest BCUT2D eigenvalue weighted by Crippen LogP contribution is -2.09. The zero-order valence-corrected chi connectivity index (χ0v) is 25.2. The topological polar surface area (TPSA) is 16.4 Å². The van der Waals surface area contributed by atoms with E-state index in [4.69, 9.17) is 4.42 Å². The molecule has 0 saturated carbocycles. The lowest BCUT2D eigenvalue weighted by atomic mass is 9.99. The highest BCUT2D eigenvalue weighted by Crippen LogP contribution is 2.44. The second-order valence-electron chi connectivity index (χ2n) is 11.4. The first-order valence-electron chi connectivity index (χ1n) is 15.2. The Bertz CT molecular complexity index is 2480. The predicted molar refractivity (Wildman–Crippen MR) is 192 cm³/mol. The van der Waals surface area contributed by atoms with Gasteiger partial charge in [0.25, 0.3) is 0 Å². The lowest BCUT2D eigenvalue weighted by molar-refractivity contribution is 0.669. The van der Waals surface area contributed by atoms with Gasteiger partial charge in [-0.05, 0) is 89.0 Å². The first kappa shape index (κ1) is 25.8. The SMILES string of the molecule is c1ccc(-c2ccc3sc4ccc(N(c5ccccc5)c5ccc6oc7cccc(-c8ccccc8)c7c6c5)cc4c3c2)cc1. The number of para-hydroxylation sites is 1. The van der Waals surface area contributed by atoms with E-state index in [1.165, 1.54) is 42.4 Å². The Morgan fingerprint density at radius 1 is 0.400 bits per heavy atom. The molecule has 212 valence electrons. The number of thiophene rings is 1. The molecule has 0 unspecified atom stereocenters. The van der Waals surface area contributed by atoms with Crippen LogP contribution in [0.1, 0.15) is 0 Å². The molecule has 0 aliphatic rings. The van der Waals surface area contributed by atoms with Crippen molar-refractivity contribution in [3.8, 4) is 22.3 Å². The Morgan fingerprint density at radius 2 is 1.02 bits per heavy atom. The summed E-state index contributed by atoms with van der Waals surface area (Å²) in [5, 5.41) is 4.81. The highest BCUT2D eigenvalue weighted by Gasteiger charge is 2.18. The van der Waals surface area contributed by atoms with Crippen LogP contribution in [-0.2, 0) is 0 Å². The molecule has 2 heterocycles. The normalized spacial score (nSPS) is 11.6. The van der Waals surface area contributed by atoms with Gasteiger partial charge in [0.2, 0.25) is 0 Å². The maximum atomic E-state index is 6.39. The number of hydrogen-bond acceptors (Lipinski definition) is 3. The number of hydrogen-bond donors (Lipinski definition) is 0. The Hall–Kier alpha value is -5.64. The van der Waals surface area contributed by atoms with Crippen molar-refractivity contribution in [1.82, 2.24) is 0 Å². The number of fused-ring (bicyclic) bond motifs is 6. The van der Waals surface area contributed by atoms with Crippen molar-refractivity contribution in [2.75, 3.05) is 4.90 Å². The molecule has 9 aromatic rings.